The highest BCUT2D eigenvalue weighted by molar-refractivity contribution is 5.04. The van der Waals surface area contributed by atoms with Gasteiger partial charge >= 0.3 is 0 Å². The molecule has 2 atom stereocenters. The van der Waals surface area contributed by atoms with Crippen molar-refractivity contribution in [3.8, 4) is 0 Å². The first-order valence-corrected chi connectivity index (χ1v) is 4.67. The van der Waals surface area contributed by atoms with Crippen molar-refractivity contribution in [3.05, 3.63) is 0 Å². The third kappa shape index (κ3) is 1.01. The summed E-state index contributed by atoms with van der Waals surface area (Å²) < 4.78 is 11.2. The van der Waals surface area contributed by atoms with E-state index in [-0.39, 0.29) is 10.8 Å². The van der Waals surface area contributed by atoms with Gasteiger partial charge in [0.2, 0.25) is 0 Å². The van der Waals surface area contributed by atoms with E-state index in [9.17, 15) is 0 Å². The van der Waals surface area contributed by atoms with E-state index in [0.29, 0.717) is 19.0 Å². The molecule has 2 aliphatic rings. The minimum atomic E-state index is 0.282. The molecule has 0 N–H and O–H groups in total. The largest absolute Gasteiger partial charge is 0.349 e. The summed E-state index contributed by atoms with van der Waals surface area (Å²) in [5, 5.41) is 0. The van der Waals surface area contributed by atoms with E-state index in [1.54, 1.807) is 0 Å². The zero-order valence-corrected chi connectivity index (χ0v) is 8.39. The zero-order chi connectivity index (χ0) is 8.98. The molecule has 1 aliphatic carbocycles. The first-order chi connectivity index (χ1) is 5.43. The predicted octanol–water partition coefficient (Wildman–Crippen LogP) is 2.18. The van der Waals surface area contributed by atoms with Crippen LogP contribution in [0.25, 0.3) is 0 Å². The minimum absolute atomic E-state index is 0.282. The van der Waals surface area contributed by atoms with Crippen molar-refractivity contribution < 1.29 is 9.47 Å². The van der Waals surface area contributed by atoms with Gasteiger partial charge < -0.3 is 9.47 Å². The van der Waals surface area contributed by atoms with E-state index >= 15 is 0 Å². The van der Waals surface area contributed by atoms with E-state index in [1.807, 2.05) is 0 Å². The SMILES string of the molecule is CC1(C)CC(C)(C)C2OCOC21. The molecule has 0 aromatic heterocycles. The van der Waals surface area contributed by atoms with Crippen molar-refractivity contribution in [1.82, 2.24) is 0 Å². The number of hydrogen-bond acceptors (Lipinski definition) is 2. The summed E-state index contributed by atoms with van der Waals surface area (Å²) in [6.45, 7) is 9.58. The highest BCUT2D eigenvalue weighted by atomic mass is 16.7. The van der Waals surface area contributed by atoms with Gasteiger partial charge in [-0.25, -0.2) is 0 Å². The van der Waals surface area contributed by atoms with Crippen LogP contribution in [0.2, 0.25) is 0 Å². The lowest BCUT2D eigenvalue weighted by molar-refractivity contribution is -0.0198. The first-order valence-electron chi connectivity index (χ1n) is 4.67. The molecule has 12 heavy (non-hydrogen) atoms. The number of hydrogen-bond donors (Lipinski definition) is 0. The van der Waals surface area contributed by atoms with Crippen LogP contribution >= 0.6 is 0 Å². The lowest BCUT2D eigenvalue weighted by Gasteiger charge is -2.24. The molecule has 1 heterocycles. The van der Waals surface area contributed by atoms with Gasteiger partial charge in [0.05, 0.1) is 12.2 Å². The van der Waals surface area contributed by atoms with E-state index in [2.05, 4.69) is 27.7 Å². The molecule has 0 spiro atoms. The van der Waals surface area contributed by atoms with E-state index in [0.717, 1.165) is 0 Å². The average Bonchev–Trinajstić information content (AvgIpc) is 2.34. The van der Waals surface area contributed by atoms with Crippen LogP contribution < -0.4 is 0 Å². The molecule has 0 aromatic carbocycles. The number of fused-ring (bicyclic) bond motifs is 1. The highest BCUT2D eigenvalue weighted by Gasteiger charge is 2.56. The summed E-state index contributed by atoms with van der Waals surface area (Å²) >= 11 is 0. The third-order valence-corrected chi connectivity index (χ3v) is 3.22. The fraction of sp³-hybridized carbons (Fsp3) is 1.00. The molecule has 2 nitrogen and oxygen atoms in total. The molecule has 1 aliphatic heterocycles. The lowest BCUT2D eigenvalue weighted by atomic mass is 9.84. The van der Waals surface area contributed by atoms with Crippen LogP contribution in [-0.4, -0.2) is 19.0 Å². The first kappa shape index (κ1) is 8.52. The second-order valence-electron chi connectivity index (χ2n) is 5.45. The normalized spacial score (nSPS) is 43.0. The van der Waals surface area contributed by atoms with E-state index in [4.69, 9.17) is 9.47 Å². The molecule has 70 valence electrons. The van der Waals surface area contributed by atoms with Gasteiger partial charge in [-0.15, -0.1) is 0 Å². The Morgan fingerprint density at radius 2 is 1.33 bits per heavy atom. The Kier molecular flexibility index (Phi) is 1.59. The Labute approximate surface area is 74.2 Å². The maximum atomic E-state index is 5.61. The second-order valence-corrected chi connectivity index (χ2v) is 5.45. The summed E-state index contributed by atoms with van der Waals surface area (Å²) in [6.07, 6.45) is 1.81. The van der Waals surface area contributed by atoms with E-state index in [1.165, 1.54) is 6.42 Å². The summed E-state index contributed by atoms with van der Waals surface area (Å²) in [4.78, 5) is 0. The van der Waals surface area contributed by atoms with Crippen molar-refractivity contribution in [2.45, 2.75) is 46.3 Å². The van der Waals surface area contributed by atoms with Gasteiger partial charge in [-0.2, -0.15) is 0 Å². The quantitative estimate of drug-likeness (QED) is 0.555. The van der Waals surface area contributed by atoms with E-state index < -0.39 is 0 Å². The summed E-state index contributed by atoms with van der Waals surface area (Å²) in [5.41, 5.74) is 0.565. The van der Waals surface area contributed by atoms with Gasteiger partial charge in [0.1, 0.15) is 6.79 Å². The average molecular weight is 170 g/mol. The molecule has 1 saturated heterocycles. The fourth-order valence-corrected chi connectivity index (χ4v) is 3.01. The Morgan fingerprint density at radius 1 is 0.917 bits per heavy atom. The molecule has 0 aromatic rings. The van der Waals surface area contributed by atoms with Gasteiger partial charge in [-0.05, 0) is 17.3 Å². The Hall–Kier alpha value is -0.0800. The predicted molar refractivity (Wildman–Crippen MR) is 46.8 cm³/mol. The third-order valence-electron chi connectivity index (χ3n) is 3.22. The maximum Gasteiger partial charge on any atom is 0.147 e. The van der Waals surface area contributed by atoms with Crippen molar-refractivity contribution in [2.24, 2.45) is 10.8 Å². The van der Waals surface area contributed by atoms with Crippen LogP contribution in [0.15, 0.2) is 0 Å². The minimum Gasteiger partial charge on any atom is -0.349 e. The van der Waals surface area contributed by atoms with Gasteiger partial charge in [-0.1, -0.05) is 27.7 Å². The molecular formula is C10H18O2. The van der Waals surface area contributed by atoms with Crippen molar-refractivity contribution >= 4 is 0 Å². The standard InChI is InChI=1S/C10H18O2/c1-9(2)5-10(3,4)8-7(9)11-6-12-8/h7-8H,5-6H2,1-4H3. The molecule has 2 rings (SSSR count). The van der Waals surface area contributed by atoms with Crippen LogP contribution in [-0.2, 0) is 9.47 Å². The smallest absolute Gasteiger partial charge is 0.147 e. The van der Waals surface area contributed by atoms with Crippen molar-refractivity contribution in [1.29, 1.82) is 0 Å². The second kappa shape index (κ2) is 2.24. The maximum absolute atomic E-state index is 5.61. The Balaban J connectivity index is 2.29. The molecule has 0 radical (unpaired) electrons. The molecule has 2 heteroatoms. The van der Waals surface area contributed by atoms with Gasteiger partial charge in [0.15, 0.2) is 0 Å². The zero-order valence-electron chi connectivity index (χ0n) is 8.39. The van der Waals surface area contributed by atoms with Gasteiger partial charge in [0, 0.05) is 0 Å². The monoisotopic (exact) mass is 170 g/mol. The summed E-state index contributed by atoms with van der Waals surface area (Å²) in [5.74, 6) is 0. The van der Waals surface area contributed by atoms with Crippen molar-refractivity contribution in [2.75, 3.05) is 6.79 Å². The van der Waals surface area contributed by atoms with Crippen LogP contribution in [0.1, 0.15) is 34.1 Å². The summed E-state index contributed by atoms with van der Waals surface area (Å²) in [7, 11) is 0. The molecule has 1 saturated carbocycles. The molecule has 0 amide bonds. The molecular weight excluding hydrogens is 152 g/mol. The molecule has 2 fully saturated rings. The van der Waals surface area contributed by atoms with Gasteiger partial charge in [-0.3, -0.25) is 0 Å². The number of rotatable bonds is 0. The molecule has 0 bridgehead atoms. The fourth-order valence-electron chi connectivity index (χ4n) is 3.01. The van der Waals surface area contributed by atoms with Crippen LogP contribution in [0.4, 0.5) is 0 Å². The molecule has 2 unspecified atom stereocenters. The Bertz CT molecular complexity index is 176. The Morgan fingerprint density at radius 3 is 1.75 bits per heavy atom. The lowest BCUT2D eigenvalue weighted by Crippen LogP contribution is -2.31. The van der Waals surface area contributed by atoms with Crippen molar-refractivity contribution in [3.63, 3.8) is 0 Å². The topological polar surface area (TPSA) is 18.5 Å². The van der Waals surface area contributed by atoms with Crippen LogP contribution in [0, 0.1) is 10.8 Å². The summed E-state index contributed by atoms with van der Waals surface area (Å²) in [6, 6.07) is 0. The highest BCUT2D eigenvalue weighted by Crippen LogP contribution is 2.53. The van der Waals surface area contributed by atoms with Gasteiger partial charge in [0.25, 0.3) is 0 Å². The van der Waals surface area contributed by atoms with Crippen LogP contribution in [0.5, 0.6) is 0 Å². The number of ether oxygens (including phenoxy) is 2. The van der Waals surface area contributed by atoms with Crippen LogP contribution in [0.3, 0.4) is 0 Å².